The number of carbonyl (C=O) groups excluding carboxylic acids is 2. The number of hydrogen-bond acceptors (Lipinski definition) is 3. The molecule has 7 heteroatoms. The van der Waals surface area contributed by atoms with Crippen molar-refractivity contribution in [3.05, 3.63) is 94.0 Å². The van der Waals surface area contributed by atoms with Gasteiger partial charge in [-0.15, -0.1) is 0 Å². The van der Waals surface area contributed by atoms with E-state index in [1.54, 1.807) is 48.5 Å². The topological polar surface area (TPSA) is 95.5 Å². The van der Waals surface area contributed by atoms with Crippen LogP contribution in [0.5, 0.6) is 0 Å². The highest BCUT2D eigenvalue weighted by Crippen LogP contribution is 2.23. The van der Waals surface area contributed by atoms with Crippen molar-refractivity contribution in [1.82, 2.24) is 0 Å². The summed E-state index contributed by atoms with van der Waals surface area (Å²) in [5.41, 5.74) is 1.75. The number of hydrogen-bond donors (Lipinski definition) is 3. The Morgan fingerprint density at radius 2 is 1.31 bits per heavy atom. The zero-order chi connectivity index (χ0) is 21.0. The molecule has 0 unspecified atom stereocenters. The molecule has 0 aliphatic heterocycles. The van der Waals surface area contributed by atoms with Gasteiger partial charge in [-0.3, -0.25) is 9.59 Å². The quantitative estimate of drug-likeness (QED) is 0.562. The van der Waals surface area contributed by atoms with Gasteiger partial charge in [-0.05, 0) is 48.9 Å². The number of carbonyl (C=O) groups is 3. The summed E-state index contributed by atoms with van der Waals surface area (Å²) in [4.78, 5) is 36.8. The number of amides is 2. The predicted octanol–water partition coefficient (Wildman–Crippen LogP) is 4.85. The lowest BCUT2D eigenvalue weighted by atomic mass is 10.1. The number of para-hydroxylation sites is 1. The van der Waals surface area contributed by atoms with Gasteiger partial charge in [0.15, 0.2) is 0 Å². The van der Waals surface area contributed by atoms with E-state index in [2.05, 4.69) is 10.6 Å². The Morgan fingerprint density at radius 3 is 2.00 bits per heavy atom. The highest BCUT2D eigenvalue weighted by molar-refractivity contribution is 6.31. The second-order valence-electron chi connectivity index (χ2n) is 6.26. The molecule has 0 atom stereocenters. The Kier molecular flexibility index (Phi) is 5.95. The number of carboxylic acids is 1. The van der Waals surface area contributed by atoms with Gasteiger partial charge in [0.25, 0.3) is 11.8 Å². The van der Waals surface area contributed by atoms with Crippen molar-refractivity contribution in [3.63, 3.8) is 0 Å². The van der Waals surface area contributed by atoms with Gasteiger partial charge in [-0.25, -0.2) is 4.79 Å². The summed E-state index contributed by atoms with van der Waals surface area (Å²) in [7, 11) is 0. The minimum atomic E-state index is -1.21. The summed E-state index contributed by atoms with van der Waals surface area (Å²) in [6.07, 6.45) is 0. The standard InChI is InChI=1S/C22H17ClN2O4/c1-13-10-11-14(23)12-19(13)25-21(27)17-8-4-5-9-18(17)24-20(26)15-6-2-3-7-16(15)22(28)29/h2-12H,1H3,(H,24,26)(H,25,27)(H,28,29). The smallest absolute Gasteiger partial charge is 0.336 e. The maximum Gasteiger partial charge on any atom is 0.336 e. The Hall–Kier alpha value is -3.64. The van der Waals surface area contributed by atoms with Crippen molar-refractivity contribution >= 4 is 40.8 Å². The molecule has 146 valence electrons. The first kappa shape index (κ1) is 20.1. The number of halogens is 1. The molecule has 3 N–H and O–H groups in total. The molecule has 0 saturated heterocycles. The second-order valence-corrected chi connectivity index (χ2v) is 6.70. The summed E-state index contributed by atoms with van der Waals surface area (Å²) in [6.45, 7) is 1.84. The molecule has 0 radical (unpaired) electrons. The molecule has 0 aliphatic rings. The minimum Gasteiger partial charge on any atom is -0.478 e. The van der Waals surface area contributed by atoms with Crippen LogP contribution in [0.1, 0.15) is 36.6 Å². The van der Waals surface area contributed by atoms with E-state index < -0.39 is 17.8 Å². The Balaban J connectivity index is 1.88. The second kappa shape index (κ2) is 8.58. The summed E-state index contributed by atoms with van der Waals surface area (Å²) >= 11 is 6.00. The van der Waals surface area contributed by atoms with Gasteiger partial charge in [0, 0.05) is 10.7 Å². The Bertz CT molecular complexity index is 1110. The molecule has 0 saturated carbocycles. The van der Waals surface area contributed by atoms with Crippen LogP contribution in [0.2, 0.25) is 5.02 Å². The fraction of sp³-hybridized carbons (Fsp3) is 0.0455. The Labute approximate surface area is 172 Å². The highest BCUT2D eigenvalue weighted by atomic mass is 35.5. The Morgan fingerprint density at radius 1 is 0.759 bits per heavy atom. The van der Waals surface area contributed by atoms with Gasteiger partial charge in [-0.2, -0.15) is 0 Å². The number of anilines is 2. The third-order valence-corrected chi connectivity index (χ3v) is 4.50. The molecule has 3 rings (SSSR count). The molecule has 0 bridgehead atoms. The molecule has 0 heterocycles. The molecule has 2 amide bonds. The molecule has 3 aromatic rings. The van der Waals surface area contributed by atoms with E-state index in [0.717, 1.165) is 5.56 Å². The zero-order valence-electron chi connectivity index (χ0n) is 15.4. The van der Waals surface area contributed by atoms with E-state index in [0.29, 0.717) is 10.7 Å². The molecule has 0 aliphatic carbocycles. The molecule has 29 heavy (non-hydrogen) atoms. The van der Waals surface area contributed by atoms with E-state index in [9.17, 15) is 19.5 Å². The molecule has 6 nitrogen and oxygen atoms in total. The average Bonchev–Trinajstić information content (AvgIpc) is 2.71. The van der Waals surface area contributed by atoms with Crippen LogP contribution in [0.25, 0.3) is 0 Å². The zero-order valence-corrected chi connectivity index (χ0v) is 16.2. The maximum absolute atomic E-state index is 12.8. The first-order valence-electron chi connectivity index (χ1n) is 8.67. The number of carboxylic acid groups (broad SMARTS) is 1. The molecule has 0 spiro atoms. The summed E-state index contributed by atoms with van der Waals surface area (Å²) in [5.74, 6) is -2.27. The van der Waals surface area contributed by atoms with E-state index in [1.807, 2.05) is 6.92 Å². The van der Waals surface area contributed by atoms with Crippen LogP contribution in [0.3, 0.4) is 0 Å². The molecule has 0 fully saturated rings. The fourth-order valence-electron chi connectivity index (χ4n) is 2.77. The predicted molar refractivity (Wildman–Crippen MR) is 112 cm³/mol. The lowest BCUT2D eigenvalue weighted by molar-refractivity contribution is 0.0692. The lowest BCUT2D eigenvalue weighted by Crippen LogP contribution is -2.20. The van der Waals surface area contributed by atoms with Gasteiger partial charge < -0.3 is 15.7 Å². The first-order chi connectivity index (χ1) is 13.9. The van der Waals surface area contributed by atoms with Gasteiger partial charge in [0.2, 0.25) is 0 Å². The van der Waals surface area contributed by atoms with Crippen LogP contribution in [-0.4, -0.2) is 22.9 Å². The van der Waals surface area contributed by atoms with Gasteiger partial charge >= 0.3 is 5.97 Å². The molecule has 3 aromatic carbocycles. The monoisotopic (exact) mass is 408 g/mol. The van der Waals surface area contributed by atoms with Crippen molar-refractivity contribution < 1.29 is 19.5 Å². The minimum absolute atomic E-state index is 0.000830. The largest absolute Gasteiger partial charge is 0.478 e. The molecular formula is C22H17ClN2O4. The van der Waals surface area contributed by atoms with Crippen molar-refractivity contribution in [2.24, 2.45) is 0 Å². The number of benzene rings is 3. The van der Waals surface area contributed by atoms with Crippen LogP contribution in [0.15, 0.2) is 66.7 Å². The van der Waals surface area contributed by atoms with Crippen LogP contribution in [0.4, 0.5) is 11.4 Å². The number of aryl methyl sites for hydroxylation is 1. The summed E-state index contributed by atoms with van der Waals surface area (Å²) < 4.78 is 0. The SMILES string of the molecule is Cc1ccc(Cl)cc1NC(=O)c1ccccc1NC(=O)c1ccccc1C(=O)O. The number of aromatic carboxylic acids is 1. The lowest BCUT2D eigenvalue weighted by Gasteiger charge is -2.13. The fourth-order valence-corrected chi connectivity index (χ4v) is 2.94. The normalized spacial score (nSPS) is 10.3. The van der Waals surface area contributed by atoms with Crippen molar-refractivity contribution in [2.75, 3.05) is 10.6 Å². The van der Waals surface area contributed by atoms with Crippen molar-refractivity contribution in [3.8, 4) is 0 Å². The highest BCUT2D eigenvalue weighted by Gasteiger charge is 2.19. The van der Waals surface area contributed by atoms with Crippen LogP contribution in [0, 0.1) is 6.92 Å². The van der Waals surface area contributed by atoms with Crippen LogP contribution >= 0.6 is 11.6 Å². The van der Waals surface area contributed by atoms with Gasteiger partial charge in [0.1, 0.15) is 0 Å². The summed E-state index contributed by atoms with van der Waals surface area (Å²) in [5, 5.41) is 15.2. The van der Waals surface area contributed by atoms with Crippen LogP contribution < -0.4 is 10.6 Å². The number of nitrogens with one attached hydrogen (secondary N) is 2. The van der Waals surface area contributed by atoms with Crippen molar-refractivity contribution in [1.29, 1.82) is 0 Å². The third-order valence-electron chi connectivity index (χ3n) is 4.27. The van der Waals surface area contributed by atoms with E-state index in [4.69, 9.17) is 11.6 Å². The molecular weight excluding hydrogens is 392 g/mol. The average molecular weight is 409 g/mol. The molecule has 0 aromatic heterocycles. The maximum atomic E-state index is 12.8. The summed E-state index contributed by atoms with van der Waals surface area (Å²) in [6, 6.07) is 17.5. The van der Waals surface area contributed by atoms with Gasteiger partial charge in [0.05, 0.1) is 22.4 Å². The van der Waals surface area contributed by atoms with Crippen molar-refractivity contribution in [2.45, 2.75) is 6.92 Å². The number of rotatable bonds is 5. The van der Waals surface area contributed by atoms with E-state index in [-0.39, 0.29) is 22.4 Å². The van der Waals surface area contributed by atoms with E-state index >= 15 is 0 Å². The van der Waals surface area contributed by atoms with Gasteiger partial charge in [-0.1, -0.05) is 41.9 Å². The van der Waals surface area contributed by atoms with Crippen LogP contribution in [-0.2, 0) is 0 Å². The van der Waals surface area contributed by atoms with E-state index in [1.165, 1.54) is 18.2 Å². The third kappa shape index (κ3) is 4.62. The first-order valence-corrected chi connectivity index (χ1v) is 9.05.